The average Bonchev–Trinajstić information content (AvgIpc) is 3.02. The molecule has 3 heterocycles. The van der Waals surface area contributed by atoms with Crippen LogP contribution in [0.25, 0.3) is 0 Å². The maximum absolute atomic E-state index is 12.5. The summed E-state index contributed by atoms with van der Waals surface area (Å²) in [6, 6.07) is 0. The molecule has 1 N–H and O–H groups in total. The third-order valence-corrected chi connectivity index (χ3v) is 9.70. The third kappa shape index (κ3) is 4.56. The van der Waals surface area contributed by atoms with Gasteiger partial charge in [-0.2, -0.15) is 4.31 Å². The molecule has 1 saturated heterocycles. The number of nitrogens with one attached hydrogen (secondary N) is 1. The quantitative estimate of drug-likeness (QED) is 0.711. The summed E-state index contributed by atoms with van der Waals surface area (Å²) in [5.74, 6) is -0.414. The van der Waals surface area contributed by atoms with Gasteiger partial charge >= 0.3 is 0 Å². The fraction of sp³-hybridized carbons (Fsp3) is 0.750. The number of hydrogen-bond donors (Lipinski definition) is 1. The van der Waals surface area contributed by atoms with E-state index < -0.39 is 25.3 Å². The molecule has 2 aliphatic rings. The first-order chi connectivity index (χ1) is 13.0. The van der Waals surface area contributed by atoms with Gasteiger partial charge in [-0.3, -0.25) is 4.79 Å². The zero-order valence-corrected chi connectivity index (χ0v) is 18.7. The molecule has 9 nitrogen and oxygen atoms in total. The smallest absolute Gasteiger partial charge is 0.229 e. The van der Waals surface area contributed by atoms with Crippen molar-refractivity contribution in [3.8, 4) is 0 Å². The Morgan fingerprint density at radius 2 is 1.79 bits per heavy atom. The number of carbonyl (C=O) groups excluding carboxylic acids is 1. The molecule has 1 amide bonds. The Labute approximate surface area is 170 Å². The van der Waals surface area contributed by atoms with E-state index in [4.69, 9.17) is 0 Å². The maximum atomic E-state index is 12.5. The van der Waals surface area contributed by atoms with Crippen molar-refractivity contribution in [1.82, 2.24) is 13.6 Å². The normalized spacial score (nSPS) is 20.3. The summed E-state index contributed by atoms with van der Waals surface area (Å²) in [5, 5.41) is 2.83. The Balaban J connectivity index is 1.62. The second-order valence-electron chi connectivity index (χ2n) is 7.49. The van der Waals surface area contributed by atoms with E-state index in [2.05, 4.69) is 10.3 Å². The molecule has 0 atom stereocenters. The molecule has 0 radical (unpaired) electrons. The molecule has 0 bridgehead atoms. The summed E-state index contributed by atoms with van der Waals surface area (Å²) in [5.41, 5.74) is 0.836. The first-order valence-electron chi connectivity index (χ1n) is 9.22. The predicted octanol–water partition coefficient (Wildman–Crippen LogP) is 0.849. The highest BCUT2D eigenvalue weighted by atomic mass is 32.2. The van der Waals surface area contributed by atoms with Crippen molar-refractivity contribution in [3.63, 3.8) is 0 Å². The average molecular weight is 451 g/mol. The van der Waals surface area contributed by atoms with Gasteiger partial charge in [0.15, 0.2) is 5.13 Å². The molecule has 0 saturated carbocycles. The molecule has 2 aliphatic heterocycles. The molecule has 0 aliphatic carbocycles. The lowest BCUT2D eigenvalue weighted by Crippen LogP contribution is -2.40. The first kappa shape index (κ1) is 21.6. The first-order valence-corrected chi connectivity index (χ1v) is 13.4. The van der Waals surface area contributed by atoms with E-state index in [9.17, 15) is 21.6 Å². The molecule has 3 rings (SSSR count). The molecule has 0 aromatic carbocycles. The van der Waals surface area contributed by atoms with Crippen LogP contribution in [0.1, 0.15) is 37.3 Å². The SMILES string of the molecule is CC(C)S(=O)(=O)N1CCc2nc(NC(=O)C3CCN(S(C)(=O)=O)CC3)sc2C1. The van der Waals surface area contributed by atoms with Gasteiger partial charge in [0.25, 0.3) is 0 Å². The van der Waals surface area contributed by atoms with Crippen LogP contribution in [0.15, 0.2) is 0 Å². The standard InChI is InChI=1S/C16H26N4O5S3/c1-11(2)28(24,25)20-9-6-13-14(10-20)26-16(17-13)18-15(21)12-4-7-19(8-5-12)27(3,22)23/h11-12H,4-10H2,1-3H3,(H,17,18,21). The van der Waals surface area contributed by atoms with Crippen LogP contribution in [-0.2, 0) is 37.8 Å². The van der Waals surface area contributed by atoms with E-state index in [-0.39, 0.29) is 18.4 Å². The minimum absolute atomic E-state index is 0.161. The lowest BCUT2D eigenvalue weighted by atomic mass is 9.97. The van der Waals surface area contributed by atoms with E-state index in [1.165, 1.54) is 26.2 Å². The third-order valence-electron chi connectivity index (χ3n) is 5.18. The summed E-state index contributed by atoms with van der Waals surface area (Å²) >= 11 is 1.31. The number of thiazole rings is 1. The molecule has 1 aromatic rings. The van der Waals surface area contributed by atoms with E-state index in [1.54, 1.807) is 13.8 Å². The van der Waals surface area contributed by atoms with Gasteiger partial charge < -0.3 is 5.32 Å². The van der Waals surface area contributed by atoms with Crippen LogP contribution in [0.3, 0.4) is 0 Å². The second kappa shape index (κ2) is 7.98. The number of anilines is 1. The maximum Gasteiger partial charge on any atom is 0.229 e. The van der Waals surface area contributed by atoms with Gasteiger partial charge in [0, 0.05) is 43.4 Å². The van der Waals surface area contributed by atoms with Gasteiger partial charge in [-0.05, 0) is 26.7 Å². The molecule has 158 valence electrons. The number of carbonyl (C=O) groups is 1. The Hall–Kier alpha value is -1.08. The van der Waals surface area contributed by atoms with Crippen molar-refractivity contribution < 1.29 is 21.6 Å². The van der Waals surface area contributed by atoms with E-state index in [0.717, 1.165) is 10.6 Å². The minimum Gasteiger partial charge on any atom is -0.302 e. The van der Waals surface area contributed by atoms with Crippen molar-refractivity contribution in [2.75, 3.05) is 31.2 Å². The summed E-state index contributed by atoms with van der Waals surface area (Å²) in [6.45, 7) is 4.70. The van der Waals surface area contributed by atoms with Crippen molar-refractivity contribution in [2.24, 2.45) is 5.92 Å². The van der Waals surface area contributed by atoms with Crippen LogP contribution < -0.4 is 5.32 Å². The summed E-state index contributed by atoms with van der Waals surface area (Å²) < 4.78 is 50.8. The molecule has 1 fully saturated rings. The number of sulfonamides is 2. The molecular formula is C16H26N4O5S3. The van der Waals surface area contributed by atoms with Crippen molar-refractivity contribution in [1.29, 1.82) is 0 Å². The van der Waals surface area contributed by atoms with Crippen LogP contribution in [0.2, 0.25) is 0 Å². The highest BCUT2D eigenvalue weighted by Gasteiger charge is 2.32. The lowest BCUT2D eigenvalue weighted by Gasteiger charge is -2.29. The van der Waals surface area contributed by atoms with E-state index in [1.807, 2.05) is 0 Å². The van der Waals surface area contributed by atoms with E-state index >= 15 is 0 Å². The van der Waals surface area contributed by atoms with Crippen LogP contribution in [-0.4, -0.2) is 67.5 Å². The fourth-order valence-corrected chi connectivity index (χ4v) is 6.63. The topological polar surface area (TPSA) is 117 Å². The van der Waals surface area contributed by atoms with Gasteiger partial charge in [-0.15, -0.1) is 11.3 Å². The molecule has 1 aromatic heterocycles. The second-order valence-corrected chi connectivity index (χ2v) is 13.0. The van der Waals surface area contributed by atoms with Crippen LogP contribution in [0.4, 0.5) is 5.13 Å². The Morgan fingerprint density at radius 3 is 2.36 bits per heavy atom. The minimum atomic E-state index is -3.32. The number of fused-ring (bicyclic) bond motifs is 1. The highest BCUT2D eigenvalue weighted by molar-refractivity contribution is 7.89. The van der Waals surface area contributed by atoms with Crippen LogP contribution >= 0.6 is 11.3 Å². The number of aromatic nitrogens is 1. The van der Waals surface area contributed by atoms with Crippen LogP contribution in [0, 0.1) is 5.92 Å². The monoisotopic (exact) mass is 450 g/mol. The zero-order chi connectivity index (χ0) is 20.7. The number of amides is 1. The van der Waals surface area contributed by atoms with Crippen LogP contribution in [0.5, 0.6) is 0 Å². The summed E-state index contributed by atoms with van der Waals surface area (Å²) in [7, 11) is -6.54. The van der Waals surface area contributed by atoms with E-state index in [0.29, 0.717) is 44.0 Å². The Bertz CT molecular complexity index is 947. The Morgan fingerprint density at radius 1 is 1.14 bits per heavy atom. The van der Waals surface area contributed by atoms with Gasteiger partial charge in [-0.25, -0.2) is 26.1 Å². The largest absolute Gasteiger partial charge is 0.302 e. The Kier molecular flexibility index (Phi) is 6.16. The molecular weight excluding hydrogens is 424 g/mol. The fourth-order valence-electron chi connectivity index (χ4n) is 3.40. The van der Waals surface area contributed by atoms with Crippen molar-refractivity contribution in [2.45, 2.75) is 44.9 Å². The predicted molar refractivity (Wildman–Crippen MR) is 108 cm³/mol. The van der Waals surface area contributed by atoms with Gasteiger partial charge in [0.05, 0.1) is 17.2 Å². The van der Waals surface area contributed by atoms with Gasteiger partial charge in [0.1, 0.15) is 0 Å². The number of nitrogens with zero attached hydrogens (tertiary/aromatic N) is 3. The summed E-state index contributed by atoms with van der Waals surface area (Å²) in [6.07, 6.45) is 2.66. The van der Waals surface area contributed by atoms with Crippen molar-refractivity contribution in [3.05, 3.63) is 10.6 Å². The zero-order valence-electron chi connectivity index (χ0n) is 16.2. The molecule has 0 unspecified atom stereocenters. The van der Waals surface area contributed by atoms with Crippen molar-refractivity contribution >= 4 is 42.4 Å². The number of hydrogen-bond acceptors (Lipinski definition) is 7. The molecule has 12 heteroatoms. The number of piperidine rings is 1. The van der Waals surface area contributed by atoms with Gasteiger partial charge in [0.2, 0.25) is 26.0 Å². The molecule has 0 spiro atoms. The highest BCUT2D eigenvalue weighted by Crippen LogP contribution is 2.31. The number of rotatable bonds is 5. The lowest BCUT2D eigenvalue weighted by molar-refractivity contribution is -0.120. The van der Waals surface area contributed by atoms with Gasteiger partial charge in [-0.1, -0.05) is 0 Å². The molecule has 28 heavy (non-hydrogen) atoms. The summed E-state index contributed by atoms with van der Waals surface area (Å²) in [4.78, 5) is 17.8.